The van der Waals surface area contributed by atoms with Gasteiger partial charge < -0.3 is 10.4 Å². The average Bonchev–Trinajstić information content (AvgIpc) is 2.29. The van der Waals surface area contributed by atoms with Crippen molar-refractivity contribution in [2.75, 3.05) is 20.0 Å². The number of aliphatic hydroxyl groups is 1. The minimum atomic E-state index is -3.25. The van der Waals surface area contributed by atoms with Gasteiger partial charge in [0.25, 0.3) is 0 Å². The number of likely N-dealkylation sites (N-methyl/N-ethyl adjacent to an activating group) is 1. The van der Waals surface area contributed by atoms with E-state index in [0.717, 1.165) is 6.26 Å². The van der Waals surface area contributed by atoms with Crippen LogP contribution in [0.25, 0.3) is 0 Å². The highest BCUT2D eigenvalue weighted by Gasteiger charge is 2.19. The van der Waals surface area contributed by atoms with Gasteiger partial charge in [-0.2, -0.15) is 0 Å². The maximum Gasteiger partial charge on any atom is 0.175 e. The molecule has 0 fully saturated rings. The predicted molar refractivity (Wildman–Crippen MR) is 63.3 cm³/mol. The summed E-state index contributed by atoms with van der Waals surface area (Å²) in [6, 6.07) is 5.08. The molecule has 0 heterocycles. The number of halogens is 1. The van der Waals surface area contributed by atoms with Crippen molar-refractivity contribution in [3.05, 3.63) is 29.8 Å². The van der Waals surface area contributed by atoms with Crippen LogP contribution in [0.15, 0.2) is 29.2 Å². The molecule has 0 aromatic heterocycles. The molecule has 0 saturated heterocycles. The number of sulfone groups is 1. The van der Waals surface area contributed by atoms with Crippen molar-refractivity contribution in [1.29, 1.82) is 0 Å². The summed E-state index contributed by atoms with van der Waals surface area (Å²) < 4.78 is 35.0. The van der Waals surface area contributed by atoms with Gasteiger partial charge in [-0.05, 0) is 24.7 Å². The second-order valence-corrected chi connectivity index (χ2v) is 5.85. The van der Waals surface area contributed by atoms with E-state index in [1.807, 2.05) is 0 Å². The Morgan fingerprint density at radius 2 is 1.88 bits per heavy atom. The fourth-order valence-electron chi connectivity index (χ4n) is 1.46. The van der Waals surface area contributed by atoms with Crippen molar-refractivity contribution >= 4 is 9.84 Å². The molecule has 2 atom stereocenters. The molecular weight excluding hydrogens is 245 g/mol. The molecule has 0 spiro atoms. The van der Waals surface area contributed by atoms with Crippen LogP contribution in [0.5, 0.6) is 0 Å². The molecular formula is C11H16FNO3S. The second kappa shape index (κ2) is 5.57. The van der Waals surface area contributed by atoms with E-state index in [0.29, 0.717) is 5.56 Å². The molecule has 0 aliphatic heterocycles. The largest absolute Gasteiger partial charge is 0.387 e. The number of aliphatic hydroxyl groups excluding tert-OH is 1. The molecule has 0 aliphatic rings. The maximum atomic E-state index is 12.5. The lowest BCUT2D eigenvalue weighted by molar-refractivity contribution is 0.117. The first-order chi connectivity index (χ1) is 7.90. The first kappa shape index (κ1) is 14.1. The molecule has 2 N–H and O–H groups in total. The molecule has 0 unspecified atom stereocenters. The Morgan fingerprint density at radius 3 is 2.24 bits per heavy atom. The van der Waals surface area contributed by atoms with Crippen molar-refractivity contribution in [2.24, 2.45) is 0 Å². The van der Waals surface area contributed by atoms with Gasteiger partial charge in [0.1, 0.15) is 6.67 Å². The molecule has 0 radical (unpaired) electrons. The first-order valence-corrected chi connectivity index (χ1v) is 7.00. The minimum absolute atomic E-state index is 0.176. The first-order valence-electron chi connectivity index (χ1n) is 5.11. The molecule has 0 bridgehead atoms. The lowest BCUT2D eigenvalue weighted by atomic mass is 10.0. The van der Waals surface area contributed by atoms with Crippen LogP contribution in [0, 0.1) is 0 Å². The van der Waals surface area contributed by atoms with Crippen molar-refractivity contribution < 1.29 is 17.9 Å². The van der Waals surface area contributed by atoms with Crippen LogP contribution in [0.3, 0.4) is 0 Å². The Balaban J connectivity index is 2.95. The summed E-state index contributed by atoms with van der Waals surface area (Å²) >= 11 is 0. The third-order valence-corrected chi connectivity index (χ3v) is 3.70. The van der Waals surface area contributed by atoms with Gasteiger partial charge in [-0.15, -0.1) is 0 Å². The van der Waals surface area contributed by atoms with E-state index < -0.39 is 28.7 Å². The van der Waals surface area contributed by atoms with Crippen molar-refractivity contribution in [1.82, 2.24) is 5.32 Å². The fourth-order valence-corrected chi connectivity index (χ4v) is 2.09. The van der Waals surface area contributed by atoms with Gasteiger partial charge >= 0.3 is 0 Å². The predicted octanol–water partition coefficient (Wildman–Crippen LogP) is 0.681. The molecule has 4 nitrogen and oxygen atoms in total. The minimum Gasteiger partial charge on any atom is -0.387 e. The van der Waals surface area contributed by atoms with Gasteiger partial charge in [-0.1, -0.05) is 12.1 Å². The highest BCUT2D eigenvalue weighted by atomic mass is 32.2. The van der Waals surface area contributed by atoms with Crippen LogP contribution >= 0.6 is 0 Å². The number of hydrogen-bond donors (Lipinski definition) is 2. The van der Waals surface area contributed by atoms with E-state index in [1.165, 1.54) is 24.3 Å². The molecule has 0 saturated carbocycles. The van der Waals surface area contributed by atoms with Crippen LogP contribution in [-0.4, -0.2) is 39.5 Å². The molecule has 1 aromatic rings. The topological polar surface area (TPSA) is 66.4 Å². The van der Waals surface area contributed by atoms with Crippen LogP contribution in [0.1, 0.15) is 11.7 Å². The lowest BCUT2D eigenvalue weighted by Crippen LogP contribution is -2.34. The van der Waals surface area contributed by atoms with Crippen molar-refractivity contribution in [3.8, 4) is 0 Å². The number of benzene rings is 1. The third kappa shape index (κ3) is 3.49. The zero-order valence-corrected chi connectivity index (χ0v) is 10.5. The molecule has 0 aliphatic carbocycles. The number of rotatable bonds is 5. The number of hydrogen-bond acceptors (Lipinski definition) is 4. The highest BCUT2D eigenvalue weighted by molar-refractivity contribution is 7.90. The SMILES string of the molecule is CN[C@H](CF)[C@H](O)c1ccc(S(C)(=O)=O)cc1. The Labute approximate surface area is 100 Å². The van der Waals surface area contributed by atoms with E-state index in [9.17, 15) is 17.9 Å². The van der Waals surface area contributed by atoms with Crippen LogP contribution in [0.4, 0.5) is 4.39 Å². The zero-order chi connectivity index (χ0) is 13.1. The quantitative estimate of drug-likeness (QED) is 0.818. The van der Waals surface area contributed by atoms with Crippen LogP contribution in [0.2, 0.25) is 0 Å². The Bertz CT molecular complexity index is 454. The normalized spacial score (nSPS) is 15.5. The lowest BCUT2D eigenvalue weighted by Gasteiger charge is -2.19. The van der Waals surface area contributed by atoms with E-state index in [-0.39, 0.29) is 4.90 Å². The number of alkyl halides is 1. The van der Waals surface area contributed by atoms with Gasteiger partial charge in [-0.3, -0.25) is 0 Å². The van der Waals surface area contributed by atoms with E-state index in [2.05, 4.69) is 5.32 Å². The van der Waals surface area contributed by atoms with Gasteiger partial charge in [0.05, 0.1) is 17.0 Å². The molecule has 6 heteroatoms. The van der Waals surface area contributed by atoms with E-state index in [4.69, 9.17) is 0 Å². The molecule has 96 valence electrons. The smallest absolute Gasteiger partial charge is 0.175 e. The van der Waals surface area contributed by atoms with Crippen molar-refractivity contribution in [3.63, 3.8) is 0 Å². The summed E-state index contributed by atoms with van der Waals surface area (Å²) in [6.07, 6.45) is 0.106. The fraction of sp³-hybridized carbons (Fsp3) is 0.455. The van der Waals surface area contributed by atoms with Gasteiger partial charge in [-0.25, -0.2) is 12.8 Å². The summed E-state index contributed by atoms with van der Waals surface area (Å²) in [4.78, 5) is 0.176. The molecule has 1 rings (SSSR count). The maximum absolute atomic E-state index is 12.5. The van der Waals surface area contributed by atoms with E-state index >= 15 is 0 Å². The second-order valence-electron chi connectivity index (χ2n) is 3.84. The average molecular weight is 261 g/mol. The Hall–Kier alpha value is -0.980. The summed E-state index contributed by atoms with van der Waals surface area (Å²) in [5, 5.41) is 12.5. The van der Waals surface area contributed by atoms with Gasteiger partial charge in [0, 0.05) is 6.26 Å². The molecule has 17 heavy (non-hydrogen) atoms. The summed E-state index contributed by atoms with van der Waals surface area (Å²) in [5.41, 5.74) is 0.481. The molecule has 1 aromatic carbocycles. The van der Waals surface area contributed by atoms with Crippen LogP contribution < -0.4 is 5.32 Å². The standard InChI is InChI=1S/C11H16FNO3S/c1-13-10(7-12)11(14)8-3-5-9(6-4-8)17(2,15)16/h3-6,10-11,13-14H,7H2,1-2H3/t10-,11-/m1/s1. The van der Waals surface area contributed by atoms with Crippen molar-refractivity contribution in [2.45, 2.75) is 17.0 Å². The highest BCUT2D eigenvalue weighted by Crippen LogP contribution is 2.19. The number of nitrogens with one attached hydrogen (secondary N) is 1. The van der Waals surface area contributed by atoms with E-state index in [1.54, 1.807) is 7.05 Å². The summed E-state index contributed by atoms with van der Waals surface area (Å²) in [6.45, 7) is -0.703. The third-order valence-electron chi connectivity index (χ3n) is 2.57. The summed E-state index contributed by atoms with van der Waals surface area (Å²) in [7, 11) is -1.69. The van der Waals surface area contributed by atoms with Gasteiger partial charge in [0.2, 0.25) is 0 Å². The zero-order valence-electron chi connectivity index (χ0n) is 9.72. The molecule has 0 amide bonds. The van der Waals surface area contributed by atoms with Gasteiger partial charge in [0.15, 0.2) is 9.84 Å². The Morgan fingerprint density at radius 1 is 1.35 bits per heavy atom. The van der Waals surface area contributed by atoms with Crippen LogP contribution in [-0.2, 0) is 9.84 Å². The Kier molecular flexibility index (Phi) is 4.62. The monoisotopic (exact) mass is 261 g/mol. The summed E-state index contributed by atoms with van der Waals surface area (Å²) in [5.74, 6) is 0.